The van der Waals surface area contributed by atoms with Crippen LogP contribution in [0.3, 0.4) is 0 Å². The number of carbonyl (C=O) groups is 1. The zero-order chi connectivity index (χ0) is 15.6. The standard InChI is InChI=1S/C17H26O3/c1-16(2,3)12-9-13(17(4,5)6)11-14(10-12)20-8-7-15(18)19/h9-11H,7-8H2,1-6H3,(H,18,19). The van der Waals surface area contributed by atoms with Crippen LogP contribution in [-0.2, 0) is 15.6 Å². The Labute approximate surface area is 122 Å². The lowest BCUT2D eigenvalue weighted by Gasteiger charge is -2.26. The maximum Gasteiger partial charge on any atom is 0.306 e. The highest BCUT2D eigenvalue weighted by Gasteiger charge is 2.20. The van der Waals surface area contributed by atoms with Gasteiger partial charge in [0.2, 0.25) is 0 Å². The fourth-order valence-corrected chi connectivity index (χ4v) is 1.80. The Morgan fingerprint density at radius 3 is 1.80 bits per heavy atom. The molecule has 0 heterocycles. The Morgan fingerprint density at radius 1 is 1.00 bits per heavy atom. The van der Waals surface area contributed by atoms with E-state index in [1.165, 1.54) is 11.1 Å². The molecule has 0 unspecified atom stereocenters. The minimum atomic E-state index is -0.840. The van der Waals surface area contributed by atoms with E-state index in [9.17, 15) is 4.79 Å². The second kappa shape index (κ2) is 5.86. The van der Waals surface area contributed by atoms with Gasteiger partial charge in [0.15, 0.2) is 0 Å². The molecule has 1 aromatic rings. The number of hydrogen-bond acceptors (Lipinski definition) is 2. The molecular weight excluding hydrogens is 252 g/mol. The highest BCUT2D eigenvalue weighted by molar-refractivity contribution is 5.66. The molecule has 1 N–H and O–H groups in total. The van der Waals surface area contributed by atoms with Gasteiger partial charge in [-0.2, -0.15) is 0 Å². The molecule has 1 aromatic carbocycles. The topological polar surface area (TPSA) is 46.5 Å². The second-order valence-corrected chi connectivity index (χ2v) is 7.24. The van der Waals surface area contributed by atoms with E-state index in [2.05, 4.69) is 47.6 Å². The van der Waals surface area contributed by atoms with Crippen LogP contribution >= 0.6 is 0 Å². The predicted octanol–water partition coefficient (Wildman–Crippen LogP) is 4.14. The summed E-state index contributed by atoms with van der Waals surface area (Å²) < 4.78 is 5.61. The summed E-state index contributed by atoms with van der Waals surface area (Å²) in [5.41, 5.74) is 2.48. The number of aliphatic carboxylic acids is 1. The Balaban J connectivity index is 3.08. The predicted molar refractivity (Wildman–Crippen MR) is 81.6 cm³/mol. The van der Waals surface area contributed by atoms with Crippen LogP contribution in [0.25, 0.3) is 0 Å². The zero-order valence-corrected chi connectivity index (χ0v) is 13.4. The summed E-state index contributed by atoms with van der Waals surface area (Å²) in [5, 5.41) is 8.68. The second-order valence-electron chi connectivity index (χ2n) is 7.24. The van der Waals surface area contributed by atoms with Gasteiger partial charge < -0.3 is 9.84 Å². The molecule has 0 atom stereocenters. The van der Waals surface area contributed by atoms with Crippen LogP contribution in [0.5, 0.6) is 5.75 Å². The Kier molecular flexibility index (Phi) is 4.85. The van der Waals surface area contributed by atoms with Gasteiger partial charge in [0.25, 0.3) is 0 Å². The van der Waals surface area contributed by atoms with Gasteiger partial charge in [0.05, 0.1) is 13.0 Å². The molecule has 0 bridgehead atoms. The third-order valence-corrected chi connectivity index (χ3v) is 3.22. The molecule has 0 aliphatic carbocycles. The van der Waals surface area contributed by atoms with Crippen LogP contribution in [0, 0.1) is 0 Å². The van der Waals surface area contributed by atoms with E-state index in [-0.39, 0.29) is 23.9 Å². The van der Waals surface area contributed by atoms with Gasteiger partial charge in [-0.15, -0.1) is 0 Å². The first-order valence-corrected chi connectivity index (χ1v) is 7.01. The number of ether oxygens (including phenoxy) is 1. The number of benzene rings is 1. The first-order valence-electron chi connectivity index (χ1n) is 7.01. The van der Waals surface area contributed by atoms with E-state index >= 15 is 0 Å². The van der Waals surface area contributed by atoms with Crippen molar-refractivity contribution in [2.45, 2.75) is 58.8 Å². The SMILES string of the molecule is CC(C)(C)c1cc(OCCC(=O)O)cc(C(C)(C)C)c1. The molecule has 0 aliphatic heterocycles. The summed E-state index contributed by atoms with van der Waals surface area (Å²) >= 11 is 0. The average molecular weight is 278 g/mol. The average Bonchev–Trinajstić information content (AvgIpc) is 2.25. The Bertz CT molecular complexity index is 444. The lowest BCUT2D eigenvalue weighted by Crippen LogP contribution is -2.17. The molecule has 112 valence electrons. The van der Waals surface area contributed by atoms with E-state index < -0.39 is 5.97 Å². The van der Waals surface area contributed by atoms with Crippen LogP contribution in [0.1, 0.15) is 59.1 Å². The van der Waals surface area contributed by atoms with Crippen LogP contribution in [0.4, 0.5) is 0 Å². The van der Waals surface area contributed by atoms with E-state index in [1.54, 1.807) is 0 Å². The maximum absolute atomic E-state index is 10.6. The molecule has 0 amide bonds. The summed E-state index contributed by atoms with van der Waals surface area (Å²) in [6.45, 7) is 13.2. The number of carboxylic acid groups (broad SMARTS) is 1. The van der Waals surface area contributed by atoms with Gasteiger partial charge in [-0.05, 0) is 34.1 Å². The van der Waals surface area contributed by atoms with Crippen LogP contribution < -0.4 is 4.74 Å². The van der Waals surface area contributed by atoms with E-state index in [1.807, 2.05) is 12.1 Å². The van der Waals surface area contributed by atoms with Crippen molar-refractivity contribution < 1.29 is 14.6 Å². The first-order chi connectivity index (χ1) is 9.00. The van der Waals surface area contributed by atoms with E-state index in [4.69, 9.17) is 9.84 Å². The molecule has 0 spiro atoms. The smallest absolute Gasteiger partial charge is 0.306 e. The molecule has 3 nitrogen and oxygen atoms in total. The normalized spacial score (nSPS) is 12.3. The molecule has 0 saturated carbocycles. The maximum atomic E-state index is 10.6. The van der Waals surface area contributed by atoms with Crippen molar-refractivity contribution in [3.05, 3.63) is 29.3 Å². The summed E-state index contributed by atoms with van der Waals surface area (Å²) in [5.74, 6) is -0.0865. The quantitative estimate of drug-likeness (QED) is 0.900. The van der Waals surface area contributed by atoms with E-state index in [0.717, 1.165) is 5.75 Å². The summed E-state index contributed by atoms with van der Waals surface area (Å²) in [6, 6.07) is 6.23. The molecule has 0 radical (unpaired) electrons. The van der Waals surface area contributed by atoms with Crippen LogP contribution in [-0.4, -0.2) is 17.7 Å². The fraction of sp³-hybridized carbons (Fsp3) is 0.588. The van der Waals surface area contributed by atoms with E-state index in [0.29, 0.717) is 0 Å². The van der Waals surface area contributed by atoms with Crippen molar-refractivity contribution in [1.29, 1.82) is 0 Å². The highest BCUT2D eigenvalue weighted by Crippen LogP contribution is 2.32. The van der Waals surface area contributed by atoms with Gasteiger partial charge in [-0.25, -0.2) is 0 Å². The minimum absolute atomic E-state index is 0.0184. The van der Waals surface area contributed by atoms with Gasteiger partial charge in [-0.1, -0.05) is 47.6 Å². The summed E-state index contributed by atoms with van der Waals surface area (Å²) in [4.78, 5) is 10.6. The third kappa shape index (κ3) is 4.87. The molecule has 0 aromatic heterocycles. The third-order valence-electron chi connectivity index (χ3n) is 3.22. The fourth-order valence-electron chi connectivity index (χ4n) is 1.80. The molecule has 20 heavy (non-hydrogen) atoms. The molecular formula is C17H26O3. The molecule has 3 heteroatoms. The van der Waals surface area contributed by atoms with Crippen molar-refractivity contribution in [2.24, 2.45) is 0 Å². The monoisotopic (exact) mass is 278 g/mol. The zero-order valence-electron chi connectivity index (χ0n) is 13.4. The van der Waals surface area contributed by atoms with Crippen molar-refractivity contribution >= 4 is 5.97 Å². The largest absolute Gasteiger partial charge is 0.493 e. The lowest BCUT2D eigenvalue weighted by atomic mass is 9.80. The van der Waals surface area contributed by atoms with Crippen molar-refractivity contribution in [3.8, 4) is 5.75 Å². The van der Waals surface area contributed by atoms with Crippen LogP contribution in [0.2, 0.25) is 0 Å². The van der Waals surface area contributed by atoms with Gasteiger partial charge in [0, 0.05) is 0 Å². The van der Waals surface area contributed by atoms with Gasteiger partial charge >= 0.3 is 5.97 Å². The van der Waals surface area contributed by atoms with Crippen molar-refractivity contribution in [1.82, 2.24) is 0 Å². The van der Waals surface area contributed by atoms with Crippen molar-refractivity contribution in [2.75, 3.05) is 6.61 Å². The van der Waals surface area contributed by atoms with Gasteiger partial charge in [-0.3, -0.25) is 4.79 Å². The Morgan fingerprint density at radius 2 is 1.45 bits per heavy atom. The minimum Gasteiger partial charge on any atom is -0.493 e. The molecule has 0 aliphatic rings. The van der Waals surface area contributed by atoms with Crippen molar-refractivity contribution in [3.63, 3.8) is 0 Å². The number of rotatable bonds is 4. The molecule has 1 rings (SSSR count). The first kappa shape index (κ1) is 16.5. The number of carboxylic acids is 1. The Hall–Kier alpha value is -1.51. The summed E-state index contributed by atoms with van der Waals surface area (Å²) in [7, 11) is 0. The summed E-state index contributed by atoms with van der Waals surface area (Å²) in [6.07, 6.45) is 0.0184. The number of hydrogen-bond donors (Lipinski definition) is 1. The lowest BCUT2D eigenvalue weighted by molar-refractivity contribution is -0.137. The highest BCUT2D eigenvalue weighted by atomic mass is 16.5. The van der Waals surface area contributed by atoms with Crippen LogP contribution in [0.15, 0.2) is 18.2 Å². The van der Waals surface area contributed by atoms with Gasteiger partial charge in [0.1, 0.15) is 5.75 Å². The molecule has 0 saturated heterocycles. The molecule has 0 fully saturated rings.